The lowest BCUT2D eigenvalue weighted by atomic mass is 9.44. The molecule has 0 amide bonds. The lowest BCUT2D eigenvalue weighted by Gasteiger charge is -2.66. The Labute approximate surface area is 136 Å². The molecule has 0 aromatic rings. The van der Waals surface area contributed by atoms with Gasteiger partial charge in [-0.25, -0.2) is 0 Å². The second kappa shape index (κ2) is 4.83. The van der Waals surface area contributed by atoms with Crippen LogP contribution in [0.3, 0.4) is 0 Å². The van der Waals surface area contributed by atoms with Gasteiger partial charge in [-0.15, -0.1) is 6.58 Å². The van der Waals surface area contributed by atoms with Crippen LogP contribution in [-0.2, 0) is 4.74 Å². The van der Waals surface area contributed by atoms with Crippen LogP contribution in [0, 0.1) is 22.7 Å². The van der Waals surface area contributed by atoms with Gasteiger partial charge in [0.1, 0.15) is 0 Å². The highest BCUT2D eigenvalue weighted by Gasteiger charge is 2.63. The van der Waals surface area contributed by atoms with Gasteiger partial charge in [0.25, 0.3) is 0 Å². The van der Waals surface area contributed by atoms with Crippen molar-refractivity contribution in [1.82, 2.24) is 0 Å². The molecule has 2 nitrogen and oxygen atoms in total. The molecule has 2 saturated carbocycles. The summed E-state index contributed by atoms with van der Waals surface area (Å²) in [7, 11) is 0. The minimum atomic E-state index is -0.391. The van der Waals surface area contributed by atoms with Crippen LogP contribution in [0.1, 0.15) is 73.1 Å². The van der Waals surface area contributed by atoms with E-state index in [9.17, 15) is 5.11 Å². The first-order chi connectivity index (χ1) is 10.1. The maximum absolute atomic E-state index is 11.1. The van der Waals surface area contributed by atoms with Crippen LogP contribution in [0.25, 0.3) is 0 Å². The van der Waals surface area contributed by atoms with Crippen LogP contribution in [0.15, 0.2) is 12.7 Å². The highest BCUT2D eigenvalue weighted by molar-refractivity contribution is 5.15. The highest BCUT2D eigenvalue weighted by Crippen LogP contribution is 2.65. The quantitative estimate of drug-likeness (QED) is 0.711. The van der Waals surface area contributed by atoms with Crippen LogP contribution < -0.4 is 0 Å². The average Bonchev–Trinajstić information content (AvgIpc) is 2.35. The normalized spacial score (nSPS) is 54.2. The molecule has 2 aliphatic carbocycles. The number of ether oxygens (including phenoxy) is 1. The summed E-state index contributed by atoms with van der Waals surface area (Å²) in [5.41, 5.74) is -0.0404. The first-order valence-corrected chi connectivity index (χ1v) is 9.08. The molecule has 3 rings (SSSR count). The van der Waals surface area contributed by atoms with E-state index < -0.39 is 5.60 Å². The summed E-state index contributed by atoms with van der Waals surface area (Å²) < 4.78 is 6.59. The van der Waals surface area contributed by atoms with Crippen molar-refractivity contribution in [3.8, 4) is 0 Å². The smallest absolute Gasteiger partial charge is 0.0864 e. The van der Waals surface area contributed by atoms with E-state index in [2.05, 4.69) is 41.2 Å². The molecule has 1 saturated heterocycles. The van der Waals surface area contributed by atoms with Gasteiger partial charge in [-0.2, -0.15) is 0 Å². The van der Waals surface area contributed by atoms with Crippen LogP contribution in [0.4, 0.5) is 0 Å². The Morgan fingerprint density at radius 3 is 2.41 bits per heavy atom. The maximum atomic E-state index is 11.1. The van der Waals surface area contributed by atoms with Crippen molar-refractivity contribution >= 4 is 0 Å². The Balaban J connectivity index is 2.01. The first kappa shape index (κ1) is 16.5. The third-order valence-electron chi connectivity index (χ3n) is 7.47. The number of aliphatic hydroxyl groups is 1. The fourth-order valence-corrected chi connectivity index (χ4v) is 6.74. The lowest BCUT2D eigenvalue weighted by molar-refractivity contribution is -0.283. The van der Waals surface area contributed by atoms with Crippen LogP contribution in [0.2, 0.25) is 0 Å². The summed E-state index contributed by atoms with van der Waals surface area (Å²) in [6, 6.07) is 0. The molecule has 0 spiro atoms. The van der Waals surface area contributed by atoms with E-state index in [-0.39, 0.29) is 23.0 Å². The molecule has 0 aromatic heterocycles. The molecule has 0 aromatic carbocycles. The van der Waals surface area contributed by atoms with Gasteiger partial charge >= 0.3 is 0 Å². The Morgan fingerprint density at radius 2 is 1.77 bits per heavy atom. The zero-order valence-corrected chi connectivity index (χ0v) is 15.1. The Hall–Kier alpha value is -0.340. The van der Waals surface area contributed by atoms with Gasteiger partial charge in [0.05, 0.1) is 17.3 Å². The molecule has 5 unspecified atom stereocenters. The molecular formula is C20H34O2. The van der Waals surface area contributed by atoms with Crippen molar-refractivity contribution in [3.05, 3.63) is 12.7 Å². The molecule has 126 valence electrons. The summed E-state index contributed by atoms with van der Waals surface area (Å²) in [6.45, 7) is 15.6. The van der Waals surface area contributed by atoms with E-state index >= 15 is 0 Å². The monoisotopic (exact) mass is 306 g/mol. The predicted molar refractivity (Wildman–Crippen MR) is 90.7 cm³/mol. The first-order valence-electron chi connectivity index (χ1n) is 9.08. The number of aliphatic hydroxyl groups excluding tert-OH is 1. The van der Waals surface area contributed by atoms with Crippen LogP contribution in [0.5, 0.6) is 0 Å². The Kier molecular flexibility index (Phi) is 3.63. The SMILES string of the molecule is C=CC1(C)C[C@@H](O)C2C(C)(CCC3C(C)(C)CCCC32C)O1. The largest absolute Gasteiger partial charge is 0.393 e. The van der Waals surface area contributed by atoms with Gasteiger partial charge in [-0.05, 0) is 56.3 Å². The van der Waals surface area contributed by atoms with Gasteiger partial charge in [-0.3, -0.25) is 0 Å². The molecule has 1 N–H and O–H groups in total. The topological polar surface area (TPSA) is 29.5 Å². The summed E-state index contributed by atoms with van der Waals surface area (Å²) in [6.07, 6.45) is 8.38. The van der Waals surface area contributed by atoms with Crippen molar-refractivity contribution in [3.63, 3.8) is 0 Å². The third kappa shape index (κ3) is 2.21. The molecule has 2 heteroatoms. The molecule has 0 bridgehead atoms. The minimum absolute atomic E-state index is 0.191. The standard InChI is InChI=1S/C20H34O2/c1-7-18(4)13-14(21)16-19(5)11-8-10-17(2,3)15(19)9-12-20(16,6)22-18/h7,14-16,21H,1,8-13H2,2-6H3/t14-,15?,16?,18?,19?,20?/m1/s1. The van der Waals surface area contributed by atoms with Crippen molar-refractivity contribution in [2.45, 2.75) is 90.4 Å². The molecule has 3 aliphatic rings. The van der Waals surface area contributed by atoms with E-state index in [4.69, 9.17) is 4.74 Å². The molecule has 1 heterocycles. The maximum Gasteiger partial charge on any atom is 0.0864 e. The Bertz CT molecular complexity index is 470. The minimum Gasteiger partial charge on any atom is -0.393 e. The van der Waals surface area contributed by atoms with Gasteiger partial charge in [-0.1, -0.05) is 33.3 Å². The Morgan fingerprint density at radius 1 is 1.09 bits per heavy atom. The zero-order valence-electron chi connectivity index (χ0n) is 15.1. The molecule has 0 radical (unpaired) electrons. The molecular weight excluding hydrogens is 272 g/mol. The van der Waals surface area contributed by atoms with Gasteiger partial charge in [0.2, 0.25) is 0 Å². The summed E-state index contributed by atoms with van der Waals surface area (Å²) >= 11 is 0. The molecule has 1 aliphatic heterocycles. The zero-order chi connectivity index (χ0) is 16.4. The summed E-state index contributed by atoms with van der Waals surface area (Å²) in [5.74, 6) is 0.935. The molecule has 6 atom stereocenters. The van der Waals surface area contributed by atoms with Gasteiger partial charge < -0.3 is 9.84 Å². The second-order valence-corrected chi connectivity index (χ2v) is 9.62. The highest BCUT2D eigenvalue weighted by atomic mass is 16.5. The van der Waals surface area contributed by atoms with Gasteiger partial charge in [0, 0.05) is 12.3 Å². The fraction of sp³-hybridized carbons (Fsp3) is 0.900. The predicted octanol–water partition coefficient (Wildman–Crippen LogP) is 4.71. The van der Waals surface area contributed by atoms with E-state index in [1.807, 2.05) is 6.08 Å². The van der Waals surface area contributed by atoms with E-state index in [0.29, 0.717) is 17.8 Å². The van der Waals surface area contributed by atoms with Crippen LogP contribution >= 0.6 is 0 Å². The number of rotatable bonds is 1. The van der Waals surface area contributed by atoms with Crippen molar-refractivity contribution in [2.75, 3.05) is 0 Å². The van der Waals surface area contributed by atoms with E-state index in [1.54, 1.807) is 0 Å². The van der Waals surface area contributed by atoms with E-state index in [0.717, 1.165) is 6.42 Å². The second-order valence-electron chi connectivity index (χ2n) is 9.62. The third-order valence-corrected chi connectivity index (χ3v) is 7.47. The van der Waals surface area contributed by atoms with Gasteiger partial charge in [0.15, 0.2) is 0 Å². The van der Waals surface area contributed by atoms with Crippen molar-refractivity contribution < 1.29 is 9.84 Å². The number of fused-ring (bicyclic) bond motifs is 3. The average molecular weight is 306 g/mol. The summed E-state index contributed by atoms with van der Waals surface area (Å²) in [5, 5.41) is 11.1. The van der Waals surface area contributed by atoms with Crippen molar-refractivity contribution in [2.24, 2.45) is 22.7 Å². The molecule has 3 fully saturated rings. The van der Waals surface area contributed by atoms with E-state index in [1.165, 1.54) is 25.7 Å². The summed E-state index contributed by atoms with van der Waals surface area (Å²) in [4.78, 5) is 0. The molecule has 22 heavy (non-hydrogen) atoms. The van der Waals surface area contributed by atoms with Crippen LogP contribution in [-0.4, -0.2) is 22.4 Å². The number of hydrogen-bond donors (Lipinski definition) is 1. The lowest BCUT2D eigenvalue weighted by Crippen LogP contribution is -2.66. The number of hydrogen-bond acceptors (Lipinski definition) is 2. The fourth-order valence-electron chi connectivity index (χ4n) is 6.74. The van der Waals surface area contributed by atoms with Crippen molar-refractivity contribution in [1.29, 1.82) is 0 Å².